The molecule has 5 rings (SSSR count). The van der Waals surface area contributed by atoms with Gasteiger partial charge in [0, 0.05) is 21.2 Å². The van der Waals surface area contributed by atoms with Crippen molar-refractivity contribution >= 4 is 62.5 Å². The third-order valence-electron chi connectivity index (χ3n) is 5.88. The molecule has 3 aromatic rings. The quantitative estimate of drug-likeness (QED) is 0.360. The van der Waals surface area contributed by atoms with Crippen LogP contribution in [0.3, 0.4) is 0 Å². The van der Waals surface area contributed by atoms with Gasteiger partial charge >= 0.3 is 6.03 Å². The molecule has 194 valence electrons. The van der Waals surface area contributed by atoms with E-state index in [0.717, 1.165) is 15.5 Å². The van der Waals surface area contributed by atoms with E-state index in [1.54, 1.807) is 16.7 Å². The first-order valence-electron chi connectivity index (χ1n) is 11.6. The standard InChI is InChI=1S/C27H24N4O4S3/c28-38(34,35)21-14-12-18(13-15-21)29-26(32)17-36-20-7-5-6-19(16-20)30-27(33)31-22-8-1-3-10-24(22)37-25-11-4-2-9-23(25)31/h1-16,22,24H,17H2,(H,29,32)(H,30,33)(H2,28,34,35). The zero-order valence-corrected chi connectivity index (χ0v) is 22.4. The van der Waals surface area contributed by atoms with E-state index in [-0.39, 0.29) is 33.9 Å². The van der Waals surface area contributed by atoms with Crippen molar-refractivity contribution in [1.82, 2.24) is 0 Å². The molecular weight excluding hydrogens is 541 g/mol. The Balaban J connectivity index is 1.23. The van der Waals surface area contributed by atoms with Crippen LogP contribution in [-0.2, 0) is 14.8 Å². The summed E-state index contributed by atoms with van der Waals surface area (Å²) >= 11 is 3.07. The molecule has 0 radical (unpaired) electrons. The van der Waals surface area contributed by atoms with Crippen LogP contribution in [0.2, 0.25) is 0 Å². The van der Waals surface area contributed by atoms with Crippen LogP contribution in [0.15, 0.2) is 112 Å². The van der Waals surface area contributed by atoms with Gasteiger partial charge in [0.15, 0.2) is 0 Å². The molecule has 4 N–H and O–H groups in total. The zero-order valence-electron chi connectivity index (χ0n) is 20.0. The molecule has 0 saturated heterocycles. The van der Waals surface area contributed by atoms with Crippen molar-refractivity contribution in [3.05, 3.63) is 97.1 Å². The Morgan fingerprint density at radius 1 is 0.921 bits per heavy atom. The fourth-order valence-electron chi connectivity index (χ4n) is 4.15. The van der Waals surface area contributed by atoms with E-state index in [4.69, 9.17) is 5.14 Å². The van der Waals surface area contributed by atoms with E-state index in [9.17, 15) is 18.0 Å². The number of sulfonamides is 1. The molecule has 1 aliphatic heterocycles. The molecule has 1 heterocycles. The van der Waals surface area contributed by atoms with Gasteiger partial charge in [0.25, 0.3) is 0 Å². The van der Waals surface area contributed by atoms with Gasteiger partial charge in [-0.15, -0.1) is 23.5 Å². The molecule has 0 saturated carbocycles. The van der Waals surface area contributed by atoms with E-state index >= 15 is 0 Å². The van der Waals surface area contributed by atoms with Crippen molar-refractivity contribution in [3.8, 4) is 0 Å². The number of hydrogen-bond acceptors (Lipinski definition) is 6. The van der Waals surface area contributed by atoms with Gasteiger partial charge in [-0.3, -0.25) is 9.69 Å². The summed E-state index contributed by atoms with van der Waals surface area (Å²) in [6, 6.07) is 20.5. The van der Waals surface area contributed by atoms with Gasteiger partial charge in [0.1, 0.15) is 0 Å². The molecule has 11 heteroatoms. The Kier molecular flexibility index (Phi) is 7.61. The average molecular weight is 565 g/mol. The van der Waals surface area contributed by atoms with Crippen LogP contribution in [-0.4, -0.2) is 37.4 Å². The monoisotopic (exact) mass is 564 g/mol. The summed E-state index contributed by atoms with van der Waals surface area (Å²) in [6.45, 7) is 0. The first kappa shape index (κ1) is 26.1. The highest BCUT2D eigenvalue weighted by molar-refractivity contribution is 8.00. The summed E-state index contributed by atoms with van der Waals surface area (Å²) in [5, 5.41) is 11.0. The number of nitrogens with one attached hydrogen (secondary N) is 2. The maximum Gasteiger partial charge on any atom is 0.326 e. The van der Waals surface area contributed by atoms with Crippen LogP contribution in [0, 0.1) is 0 Å². The molecule has 2 unspecified atom stereocenters. The van der Waals surface area contributed by atoms with Crippen molar-refractivity contribution < 1.29 is 18.0 Å². The third kappa shape index (κ3) is 5.97. The third-order valence-corrected chi connectivity index (χ3v) is 9.11. The maximum absolute atomic E-state index is 13.5. The fraction of sp³-hybridized carbons (Fsp3) is 0.111. The van der Waals surface area contributed by atoms with Crippen molar-refractivity contribution in [1.29, 1.82) is 0 Å². The molecule has 3 amide bonds. The van der Waals surface area contributed by atoms with Crippen LogP contribution in [0.25, 0.3) is 0 Å². The van der Waals surface area contributed by atoms with Gasteiger partial charge in [0.2, 0.25) is 15.9 Å². The van der Waals surface area contributed by atoms with Crippen LogP contribution < -0.4 is 20.7 Å². The molecule has 0 fully saturated rings. The van der Waals surface area contributed by atoms with E-state index in [0.29, 0.717) is 11.4 Å². The molecule has 8 nitrogen and oxygen atoms in total. The lowest BCUT2D eigenvalue weighted by molar-refractivity contribution is -0.113. The Morgan fingerprint density at radius 3 is 2.47 bits per heavy atom. The Bertz CT molecular complexity index is 1540. The normalized spacial score (nSPS) is 17.9. The van der Waals surface area contributed by atoms with E-state index < -0.39 is 10.0 Å². The number of anilines is 3. The van der Waals surface area contributed by atoms with Gasteiger partial charge in [0.05, 0.1) is 27.6 Å². The number of urea groups is 1. The molecule has 1 aliphatic carbocycles. The van der Waals surface area contributed by atoms with E-state index in [2.05, 4.69) is 16.7 Å². The van der Waals surface area contributed by atoms with Crippen molar-refractivity contribution in [2.45, 2.75) is 26.0 Å². The van der Waals surface area contributed by atoms with Gasteiger partial charge in [-0.1, -0.05) is 42.5 Å². The number of para-hydroxylation sites is 1. The number of hydrogen-bond donors (Lipinski definition) is 3. The van der Waals surface area contributed by atoms with Crippen molar-refractivity contribution in [2.24, 2.45) is 5.14 Å². The van der Waals surface area contributed by atoms with Gasteiger partial charge < -0.3 is 10.6 Å². The maximum atomic E-state index is 13.5. The molecule has 0 spiro atoms. The first-order chi connectivity index (χ1) is 18.3. The second-order valence-electron chi connectivity index (χ2n) is 8.54. The fourth-order valence-corrected chi connectivity index (χ4v) is 6.68. The summed E-state index contributed by atoms with van der Waals surface area (Å²) in [5.41, 5.74) is 1.96. The number of thioether (sulfide) groups is 2. The summed E-state index contributed by atoms with van der Waals surface area (Å²) in [4.78, 5) is 29.5. The first-order valence-corrected chi connectivity index (χ1v) is 15.1. The highest BCUT2D eigenvalue weighted by atomic mass is 32.2. The van der Waals surface area contributed by atoms with Gasteiger partial charge in [-0.2, -0.15) is 0 Å². The molecule has 2 aliphatic rings. The summed E-state index contributed by atoms with van der Waals surface area (Å²) < 4.78 is 22.8. The van der Waals surface area contributed by atoms with Gasteiger partial charge in [-0.05, 0) is 54.6 Å². The lowest BCUT2D eigenvalue weighted by Gasteiger charge is -2.40. The zero-order chi connectivity index (χ0) is 26.7. The second kappa shape index (κ2) is 11.1. The minimum atomic E-state index is -3.79. The smallest absolute Gasteiger partial charge is 0.325 e. The number of benzene rings is 3. The number of primary sulfonamides is 1. The largest absolute Gasteiger partial charge is 0.326 e. The number of nitrogens with two attached hydrogens (primary N) is 1. The Morgan fingerprint density at radius 2 is 1.68 bits per heavy atom. The van der Waals surface area contributed by atoms with Crippen LogP contribution in [0.5, 0.6) is 0 Å². The predicted octanol–water partition coefficient (Wildman–Crippen LogP) is 5.07. The predicted molar refractivity (Wildman–Crippen MR) is 153 cm³/mol. The van der Waals surface area contributed by atoms with Crippen molar-refractivity contribution in [2.75, 3.05) is 21.3 Å². The number of nitrogens with zero attached hydrogens (tertiary/aromatic N) is 1. The second-order valence-corrected chi connectivity index (χ2v) is 12.4. The number of amides is 3. The van der Waals surface area contributed by atoms with Crippen molar-refractivity contribution in [3.63, 3.8) is 0 Å². The van der Waals surface area contributed by atoms with E-state index in [1.165, 1.54) is 36.0 Å². The summed E-state index contributed by atoms with van der Waals surface area (Å²) in [6.07, 6.45) is 8.13. The molecule has 0 aromatic heterocycles. The molecule has 3 aromatic carbocycles. The highest BCUT2D eigenvalue weighted by Crippen LogP contribution is 2.43. The minimum absolute atomic E-state index is 0.0259. The van der Waals surface area contributed by atoms with Crippen LogP contribution >= 0.6 is 23.5 Å². The number of carbonyl (C=O) groups is 2. The number of rotatable bonds is 6. The Labute approximate surface area is 229 Å². The minimum Gasteiger partial charge on any atom is -0.325 e. The SMILES string of the molecule is NS(=O)(=O)c1ccc(NC(=O)CSc2cccc(NC(=O)N3c4ccccc4SC4C=CC=CC43)c2)cc1. The van der Waals surface area contributed by atoms with E-state index in [1.807, 2.05) is 66.8 Å². The molecule has 2 atom stereocenters. The molecule has 38 heavy (non-hydrogen) atoms. The lowest BCUT2D eigenvalue weighted by atomic mass is 10.1. The number of allylic oxidation sites excluding steroid dienone is 2. The number of carbonyl (C=O) groups excluding carboxylic acids is 2. The van der Waals surface area contributed by atoms with Gasteiger partial charge in [-0.25, -0.2) is 18.4 Å². The van der Waals surface area contributed by atoms with Crippen LogP contribution in [0.1, 0.15) is 0 Å². The topological polar surface area (TPSA) is 122 Å². The number of fused-ring (bicyclic) bond motifs is 2. The molecular formula is C27H24N4O4S3. The highest BCUT2D eigenvalue weighted by Gasteiger charge is 2.36. The lowest BCUT2D eigenvalue weighted by Crippen LogP contribution is -2.49. The summed E-state index contributed by atoms with van der Waals surface area (Å²) in [7, 11) is -3.79. The average Bonchev–Trinajstić information content (AvgIpc) is 2.90. The molecule has 0 bridgehead atoms. The van der Waals surface area contributed by atoms with Crippen LogP contribution in [0.4, 0.5) is 21.9 Å². The summed E-state index contributed by atoms with van der Waals surface area (Å²) in [5.74, 6) is -0.121. The Hall–Kier alpha value is -3.51.